The second kappa shape index (κ2) is 4.52. The number of aliphatic imine (C=N–C) groups is 1. The summed E-state index contributed by atoms with van der Waals surface area (Å²) in [7, 11) is 1.67. The van der Waals surface area contributed by atoms with Gasteiger partial charge in [0.25, 0.3) is 0 Å². The van der Waals surface area contributed by atoms with Gasteiger partial charge in [-0.15, -0.1) is 0 Å². The molecule has 0 radical (unpaired) electrons. The van der Waals surface area contributed by atoms with Gasteiger partial charge in [-0.25, -0.2) is 0 Å². The fraction of sp³-hybridized carbons (Fsp3) is 0.267. The first-order valence-electron chi connectivity index (χ1n) is 6.02. The van der Waals surface area contributed by atoms with Gasteiger partial charge in [0, 0.05) is 5.39 Å². The molecule has 2 nitrogen and oxygen atoms in total. The second-order valence-electron chi connectivity index (χ2n) is 4.56. The molecule has 0 bridgehead atoms. The number of thiocarbonyl (C=S) groups is 1. The molecule has 3 heteroatoms. The molecule has 0 spiro atoms. The minimum atomic E-state index is 0.714. The van der Waals surface area contributed by atoms with E-state index in [2.05, 4.69) is 22.3 Å². The highest BCUT2D eigenvalue weighted by atomic mass is 32.1. The number of benzene rings is 2. The molecule has 0 unspecified atom stereocenters. The van der Waals surface area contributed by atoms with Crippen molar-refractivity contribution in [1.29, 1.82) is 0 Å². The van der Waals surface area contributed by atoms with Crippen LogP contribution in [0.5, 0.6) is 5.75 Å². The average Bonchev–Trinajstić information content (AvgIpc) is 3.23. The fourth-order valence-corrected chi connectivity index (χ4v) is 2.46. The summed E-state index contributed by atoms with van der Waals surface area (Å²) in [4.78, 5) is 4.14. The van der Waals surface area contributed by atoms with E-state index in [-0.39, 0.29) is 0 Å². The minimum absolute atomic E-state index is 0.714. The van der Waals surface area contributed by atoms with E-state index in [1.54, 1.807) is 7.11 Å². The third-order valence-electron chi connectivity index (χ3n) is 3.42. The molecule has 1 fully saturated rings. The van der Waals surface area contributed by atoms with Crippen LogP contribution >= 0.6 is 12.2 Å². The van der Waals surface area contributed by atoms with Crippen molar-refractivity contribution in [2.45, 2.75) is 18.8 Å². The summed E-state index contributed by atoms with van der Waals surface area (Å²) in [5.74, 6) is 1.56. The monoisotopic (exact) mass is 255 g/mol. The van der Waals surface area contributed by atoms with Crippen LogP contribution in [-0.4, -0.2) is 12.3 Å². The van der Waals surface area contributed by atoms with Crippen LogP contribution in [0.2, 0.25) is 0 Å². The molecule has 0 atom stereocenters. The lowest BCUT2D eigenvalue weighted by Gasteiger charge is -2.09. The van der Waals surface area contributed by atoms with Gasteiger partial charge >= 0.3 is 0 Å². The first-order chi connectivity index (χ1) is 8.83. The van der Waals surface area contributed by atoms with Gasteiger partial charge in [0.05, 0.1) is 18.0 Å². The van der Waals surface area contributed by atoms with E-state index in [4.69, 9.17) is 17.0 Å². The van der Waals surface area contributed by atoms with E-state index in [1.807, 2.05) is 18.2 Å². The van der Waals surface area contributed by atoms with E-state index in [0.717, 1.165) is 16.8 Å². The molecule has 2 aromatic carbocycles. The molecule has 0 amide bonds. The van der Waals surface area contributed by atoms with Crippen LogP contribution < -0.4 is 4.74 Å². The van der Waals surface area contributed by atoms with Gasteiger partial charge in [-0.2, -0.15) is 4.99 Å². The summed E-state index contributed by atoms with van der Waals surface area (Å²) >= 11 is 4.71. The number of isothiocyanates is 1. The Bertz CT molecular complexity index is 655. The summed E-state index contributed by atoms with van der Waals surface area (Å²) in [6.45, 7) is 0. The molecule has 0 aliphatic heterocycles. The summed E-state index contributed by atoms with van der Waals surface area (Å²) in [6.07, 6.45) is 2.58. The van der Waals surface area contributed by atoms with Crippen LogP contribution in [0.3, 0.4) is 0 Å². The Balaban J connectivity index is 2.30. The van der Waals surface area contributed by atoms with Gasteiger partial charge in [-0.1, -0.05) is 12.1 Å². The largest absolute Gasteiger partial charge is 0.497 e. The Hall–Kier alpha value is -1.70. The minimum Gasteiger partial charge on any atom is -0.497 e. The van der Waals surface area contributed by atoms with Gasteiger partial charge in [0.2, 0.25) is 0 Å². The predicted octanol–water partition coefficient (Wildman–Crippen LogP) is 4.46. The molecule has 0 saturated heterocycles. The van der Waals surface area contributed by atoms with E-state index >= 15 is 0 Å². The molecular weight excluding hydrogens is 242 g/mol. The van der Waals surface area contributed by atoms with Gasteiger partial charge in [-0.3, -0.25) is 0 Å². The lowest BCUT2D eigenvalue weighted by molar-refractivity contribution is 0.415. The molecule has 0 heterocycles. The molecule has 18 heavy (non-hydrogen) atoms. The number of hydrogen-bond acceptors (Lipinski definition) is 3. The maximum atomic E-state index is 5.28. The first-order valence-corrected chi connectivity index (χ1v) is 6.43. The van der Waals surface area contributed by atoms with Crippen LogP contribution in [0.4, 0.5) is 5.69 Å². The van der Waals surface area contributed by atoms with Crippen molar-refractivity contribution >= 4 is 33.8 Å². The van der Waals surface area contributed by atoms with Crippen LogP contribution in [0.25, 0.3) is 10.8 Å². The first kappa shape index (κ1) is 11.4. The maximum Gasteiger partial charge on any atom is 0.119 e. The summed E-state index contributed by atoms with van der Waals surface area (Å²) in [6, 6.07) is 10.3. The van der Waals surface area contributed by atoms with Crippen molar-refractivity contribution in [3.8, 4) is 5.75 Å². The SMILES string of the molecule is COc1ccc2c(C3CC3)ccc(N=C=S)c2c1. The molecule has 1 aliphatic carbocycles. The van der Waals surface area contributed by atoms with Gasteiger partial charge in [0.1, 0.15) is 5.75 Å². The molecule has 3 rings (SSSR count). The lowest BCUT2D eigenvalue weighted by atomic mass is 9.99. The Kier molecular flexibility index (Phi) is 2.86. The summed E-state index contributed by atoms with van der Waals surface area (Å²) < 4.78 is 5.28. The Morgan fingerprint density at radius 1 is 1.22 bits per heavy atom. The number of ether oxygens (including phenoxy) is 1. The molecule has 0 aromatic heterocycles. The van der Waals surface area contributed by atoms with Gasteiger partial charge in [0.15, 0.2) is 0 Å². The highest BCUT2D eigenvalue weighted by molar-refractivity contribution is 7.78. The Morgan fingerprint density at radius 2 is 2.06 bits per heavy atom. The van der Waals surface area contributed by atoms with Crippen molar-refractivity contribution in [2.24, 2.45) is 4.99 Å². The number of methoxy groups -OCH3 is 1. The topological polar surface area (TPSA) is 21.6 Å². The lowest BCUT2D eigenvalue weighted by Crippen LogP contribution is -1.87. The summed E-state index contributed by atoms with van der Waals surface area (Å²) in [5, 5.41) is 4.79. The van der Waals surface area contributed by atoms with Crippen LogP contribution in [0, 0.1) is 0 Å². The zero-order chi connectivity index (χ0) is 12.5. The quantitative estimate of drug-likeness (QED) is 0.596. The normalized spacial score (nSPS) is 14.3. The molecule has 1 saturated carbocycles. The number of hydrogen-bond donors (Lipinski definition) is 0. The molecule has 1 aliphatic rings. The number of rotatable bonds is 3. The fourth-order valence-electron chi connectivity index (χ4n) is 2.36. The second-order valence-corrected chi connectivity index (χ2v) is 4.75. The van der Waals surface area contributed by atoms with Crippen molar-refractivity contribution in [3.63, 3.8) is 0 Å². The van der Waals surface area contributed by atoms with Gasteiger partial charge < -0.3 is 4.74 Å². The van der Waals surface area contributed by atoms with Crippen molar-refractivity contribution in [2.75, 3.05) is 7.11 Å². The molecular formula is C15H13NOS. The van der Waals surface area contributed by atoms with Crippen molar-refractivity contribution in [3.05, 3.63) is 35.9 Å². The summed E-state index contributed by atoms with van der Waals surface area (Å²) in [5.41, 5.74) is 2.28. The average molecular weight is 255 g/mol. The highest BCUT2D eigenvalue weighted by Gasteiger charge is 2.25. The van der Waals surface area contributed by atoms with E-state index in [0.29, 0.717) is 5.92 Å². The number of nitrogens with zero attached hydrogens (tertiary/aromatic N) is 1. The van der Waals surface area contributed by atoms with Crippen LogP contribution in [0.15, 0.2) is 35.3 Å². The zero-order valence-corrected chi connectivity index (χ0v) is 11.0. The number of fused-ring (bicyclic) bond motifs is 1. The van der Waals surface area contributed by atoms with Crippen LogP contribution in [-0.2, 0) is 0 Å². The smallest absolute Gasteiger partial charge is 0.119 e. The van der Waals surface area contributed by atoms with Gasteiger partial charge in [-0.05, 0) is 60.1 Å². The molecule has 2 aromatic rings. The van der Waals surface area contributed by atoms with Crippen molar-refractivity contribution < 1.29 is 4.74 Å². The standard InChI is InChI=1S/C15H13NOS/c1-17-11-4-5-13-12(10-2-3-10)6-7-15(16-9-18)14(13)8-11/h4-8,10H,2-3H2,1H3. The van der Waals surface area contributed by atoms with E-state index in [1.165, 1.54) is 23.8 Å². The Labute approximate surface area is 111 Å². The third kappa shape index (κ3) is 1.92. The Morgan fingerprint density at radius 3 is 2.72 bits per heavy atom. The van der Waals surface area contributed by atoms with Crippen molar-refractivity contribution in [1.82, 2.24) is 0 Å². The highest BCUT2D eigenvalue weighted by Crippen LogP contribution is 2.45. The molecule has 0 N–H and O–H groups in total. The van der Waals surface area contributed by atoms with E-state index in [9.17, 15) is 0 Å². The zero-order valence-electron chi connectivity index (χ0n) is 10.1. The van der Waals surface area contributed by atoms with Crippen LogP contribution in [0.1, 0.15) is 24.3 Å². The maximum absolute atomic E-state index is 5.28. The predicted molar refractivity (Wildman–Crippen MR) is 77.2 cm³/mol. The molecule has 90 valence electrons. The third-order valence-corrected chi connectivity index (χ3v) is 3.51. The van der Waals surface area contributed by atoms with E-state index < -0.39 is 0 Å².